The standard InChI is InChI=1S/C21H20ClNO5/c1-27-12-11-23-18(13-3-7-15(22)8-4-13)17(20(25)21(23)26)19(24)14-5-9-16(28-2)10-6-14/h3-10,18,24H,11-12H2,1-2H3. The Kier molecular flexibility index (Phi) is 6.02. The zero-order valence-corrected chi connectivity index (χ0v) is 16.3. The van der Waals surface area contributed by atoms with Crippen LogP contribution in [0, 0.1) is 0 Å². The van der Waals surface area contributed by atoms with E-state index in [9.17, 15) is 14.7 Å². The number of carbonyl (C=O) groups is 2. The predicted molar refractivity (Wildman–Crippen MR) is 105 cm³/mol. The van der Waals surface area contributed by atoms with Crippen molar-refractivity contribution in [1.82, 2.24) is 4.90 Å². The lowest BCUT2D eigenvalue weighted by molar-refractivity contribution is -0.140. The highest BCUT2D eigenvalue weighted by Gasteiger charge is 2.45. The molecule has 1 fully saturated rings. The molecule has 3 rings (SSSR count). The van der Waals surface area contributed by atoms with Gasteiger partial charge in [0, 0.05) is 24.2 Å². The van der Waals surface area contributed by atoms with Crippen LogP contribution in [0.3, 0.4) is 0 Å². The number of aliphatic hydroxyl groups is 1. The summed E-state index contributed by atoms with van der Waals surface area (Å²) in [5.74, 6) is -1.02. The van der Waals surface area contributed by atoms with E-state index in [1.165, 1.54) is 19.1 Å². The first-order chi connectivity index (χ1) is 13.5. The van der Waals surface area contributed by atoms with E-state index in [1.54, 1.807) is 48.5 Å². The average Bonchev–Trinajstić information content (AvgIpc) is 2.97. The predicted octanol–water partition coefficient (Wildman–Crippen LogP) is 3.42. The Balaban J connectivity index is 2.12. The van der Waals surface area contributed by atoms with Gasteiger partial charge in [0.15, 0.2) is 0 Å². The van der Waals surface area contributed by atoms with Gasteiger partial charge in [0.1, 0.15) is 11.5 Å². The summed E-state index contributed by atoms with van der Waals surface area (Å²) in [6, 6.07) is 12.7. The van der Waals surface area contributed by atoms with Gasteiger partial charge in [0.2, 0.25) is 0 Å². The maximum atomic E-state index is 12.8. The molecular weight excluding hydrogens is 382 g/mol. The Hall–Kier alpha value is -2.83. The maximum Gasteiger partial charge on any atom is 0.295 e. The van der Waals surface area contributed by atoms with E-state index < -0.39 is 17.7 Å². The molecule has 0 aliphatic carbocycles. The van der Waals surface area contributed by atoms with Crippen molar-refractivity contribution in [3.63, 3.8) is 0 Å². The molecule has 146 valence electrons. The van der Waals surface area contributed by atoms with Crippen molar-refractivity contribution in [3.8, 4) is 5.75 Å². The first-order valence-corrected chi connectivity index (χ1v) is 9.03. The van der Waals surface area contributed by atoms with Gasteiger partial charge in [0.05, 0.1) is 25.3 Å². The van der Waals surface area contributed by atoms with E-state index >= 15 is 0 Å². The Morgan fingerprint density at radius 3 is 2.29 bits per heavy atom. The number of ether oxygens (including phenoxy) is 2. The van der Waals surface area contributed by atoms with Crippen LogP contribution in [0.1, 0.15) is 17.2 Å². The lowest BCUT2D eigenvalue weighted by atomic mass is 9.95. The molecule has 7 heteroatoms. The molecule has 0 aromatic heterocycles. The molecule has 1 saturated heterocycles. The minimum atomic E-state index is -0.732. The Morgan fingerprint density at radius 1 is 1.07 bits per heavy atom. The number of likely N-dealkylation sites (tertiary alicyclic amines) is 1. The number of hydrogen-bond acceptors (Lipinski definition) is 5. The fourth-order valence-electron chi connectivity index (χ4n) is 3.20. The van der Waals surface area contributed by atoms with E-state index in [0.29, 0.717) is 21.9 Å². The monoisotopic (exact) mass is 401 g/mol. The molecule has 0 saturated carbocycles. The Morgan fingerprint density at radius 2 is 1.71 bits per heavy atom. The number of Topliss-reactive ketones (excluding diaryl/α,β-unsaturated/α-hetero) is 1. The Labute approximate surface area is 167 Å². The third-order valence-electron chi connectivity index (χ3n) is 4.63. The molecule has 0 radical (unpaired) electrons. The summed E-state index contributed by atoms with van der Waals surface area (Å²) in [6.45, 7) is 0.480. The van der Waals surface area contributed by atoms with Crippen molar-refractivity contribution in [2.24, 2.45) is 0 Å². The highest BCUT2D eigenvalue weighted by molar-refractivity contribution is 6.46. The first kappa shape index (κ1) is 19.9. The molecule has 1 atom stereocenters. The minimum absolute atomic E-state index is 0.0357. The summed E-state index contributed by atoms with van der Waals surface area (Å²) < 4.78 is 10.2. The zero-order valence-electron chi connectivity index (χ0n) is 15.5. The smallest absolute Gasteiger partial charge is 0.295 e. The molecule has 1 aliphatic rings. The van der Waals surface area contributed by atoms with Crippen LogP contribution in [0.25, 0.3) is 5.76 Å². The molecule has 2 aromatic carbocycles. The van der Waals surface area contributed by atoms with Gasteiger partial charge < -0.3 is 19.5 Å². The molecule has 28 heavy (non-hydrogen) atoms. The fraction of sp³-hybridized carbons (Fsp3) is 0.238. The van der Waals surface area contributed by atoms with Gasteiger partial charge in [-0.2, -0.15) is 0 Å². The number of methoxy groups -OCH3 is 2. The maximum absolute atomic E-state index is 12.8. The van der Waals surface area contributed by atoms with Gasteiger partial charge in [0.25, 0.3) is 11.7 Å². The minimum Gasteiger partial charge on any atom is -0.507 e. The molecule has 1 amide bonds. The molecule has 1 heterocycles. The third-order valence-corrected chi connectivity index (χ3v) is 4.88. The Bertz CT molecular complexity index is 905. The summed E-state index contributed by atoms with van der Waals surface area (Å²) in [7, 11) is 3.06. The number of nitrogens with zero attached hydrogens (tertiary/aromatic N) is 1. The van der Waals surface area contributed by atoms with Crippen molar-refractivity contribution < 1.29 is 24.2 Å². The summed E-state index contributed by atoms with van der Waals surface area (Å²) in [6.07, 6.45) is 0. The molecular formula is C21H20ClNO5. The highest BCUT2D eigenvalue weighted by atomic mass is 35.5. The second-order valence-electron chi connectivity index (χ2n) is 6.27. The van der Waals surface area contributed by atoms with Crippen molar-refractivity contribution >= 4 is 29.1 Å². The van der Waals surface area contributed by atoms with Crippen LogP contribution in [-0.2, 0) is 14.3 Å². The second-order valence-corrected chi connectivity index (χ2v) is 6.70. The van der Waals surface area contributed by atoms with E-state index in [1.807, 2.05) is 0 Å². The van der Waals surface area contributed by atoms with Crippen LogP contribution in [0.15, 0.2) is 54.1 Å². The molecule has 1 N–H and O–H groups in total. The van der Waals surface area contributed by atoms with Gasteiger partial charge in [-0.3, -0.25) is 9.59 Å². The quantitative estimate of drug-likeness (QED) is 0.456. The van der Waals surface area contributed by atoms with Crippen LogP contribution in [0.2, 0.25) is 5.02 Å². The average molecular weight is 402 g/mol. The van der Waals surface area contributed by atoms with Crippen molar-refractivity contribution in [1.29, 1.82) is 0 Å². The normalized spacial score (nSPS) is 18.5. The van der Waals surface area contributed by atoms with Gasteiger partial charge in [-0.25, -0.2) is 0 Å². The van der Waals surface area contributed by atoms with Crippen molar-refractivity contribution in [2.45, 2.75) is 6.04 Å². The SMILES string of the molecule is COCCN1C(=O)C(=O)C(=C(O)c2ccc(OC)cc2)C1c1ccc(Cl)cc1. The largest absolute Gasteiger partial charge is 0.507 e. The third kappa shape index (κ3) is 3.74. The molecule has 2 aromatic rings. The topological polar surface area (TPSA) is 76.1 Å². The van der Waals surface area contributed by atoms with Crippen LogP contribution >= 0.6 is 11.6 Å². The van der Waals surface area contributed by atoms with Crippen LogP contribution < -0.4 is 4.74 Å². The molecule has 1 unspecified atom stereocenters. The van der Waals surface area contributed by atoms with Crippen LogP contribution in [0.5, 0.6) is 5.75 Å². The number of amides is 1. The number of benzene rings is 2. The molecule has 0 spiro atoms. The number of hydrogen-bond donors (Lipinski definition) is 1. The van der Waals surface area contributed by atoms with Crippen LogP contribution in [0.4, 0.5) is 0 Å². The van der Waals surface area contributed by atoms with Gasteiger partial charge in [-0.05, 0) is 42.0 Å². The van der Waals surface area contributed by atoms with E-state index in [0.717, 1.165) is 0 Å². The van der Waals surface area contributed by atoms with Gasteiger partial charge >= 0.3 is 0 Å². The van der Waals surface area contributed by atoms with E-state index in [4.69, 9.17) is 21.1 Å². The number of carbonyl (C=O) groups excluding carboxylic acids is 2. The molecule has 1 aliphatic heterocycles. The van der Waals surface area contributed by atoms with Crippen molar-refractivity contribution in [3.05, 3.63) is 70.3 Å². The number of rotatable bonds is 6. The summed E-state index contributed by atoms with van der Waals surface area (Å²) in [5, 5.41) is 11.4. The van der Waals surface area contributed by atoms with E-state index in [-0.39, 0.29) is 24.5 Å². The molecule has 0 bridgehead atoms. The summed E-state index contributed by atoms with van der Waals surface area (Å²) in [5.41, 5.74) is 1.13. The van der Waals surface area contributed by atoms with Gasteiger partial charge in [-0.15, -0.1) is 0 Å². The lowest BCUT2D eigenvalue weighted by Crippen LogP contribution is -2.32. The van der Waals surface area contributed by atoms with Crippen molar-refractivity contribution in [2.75, 3.05) is 27.4 Å². The summed E-state index contributed by atoms with van der Waals surface area (Å²) >= 11 is 5.98. The number of aliphatic hydroxyl groups excluding tert-OH is 1. The summed E-state index contributed by atoms with van der Waals surface area (Å²) in [4.78, 5) is 26.8. The molecule has 6 nitrogen and oxygen atoms in total. The zero-order chi connectivity index (χ0) is 20.3. The van der Waals surface area contributed by atoms with Gasteiger partial charge in [-0.1, -0.05) is 23.7 Å². The number of halogens is 1. The second kappa shape index (κ2) is 8.46. The lowest BCUT2D eigenvalue weighted by Gasteiger charge is -2.25. The van der Waals surface area contributed by atoms with E-state index in [2.05, 4.69) is 0 Å². The van der Waals surface area contributed by atoms with Crippen LogP contribution in [-0.4, -0.2) is 49.1 Å². The number of ketones is 1. The highest BCUT2D eigenvalue weighted by Crippen LogP contribution is 2.39. The fourth-order valence-corrected chi connectivity index (χ4v) is 3.32. The first-order valence-electron chi connectivity index (χ1n) is 8.65.